The second-order valence-corrected chi connectivity index (χ2v) is 5.20. The van der Waals surface area contributed by atoms with Crippen molar-refractivity contribution in [1.29, 1.82) is 0 Å². The average Bonchev–Trinajstić information content (AvgIpc) is 2.94. The van der Waals surface area contributed by atoms with Gasteiger partial charge in [-0.15, -0.1) is 12.0 Å². The quantitative estimate of drug-likeness (QED) is 0.536. The van der Waals surface area contributed by atoms with Gasteiger partial charge in [-0.05, 0) is 31.6 Å². The zero-order chi connectivity index (χ0) is 16.3. The summed E-state index contributed by atoms with van der Waals surface area (Å²) in [6, 6.07) is 0. The van der Waals surface area contributed by atoms with E-state index in [9.17, 15) is 0 Å². The van der Waals surface area contributed by atoms with Crippen LogP contribution >= 0.6 is 0 Å². The molecule has 0 amide bonds. The van der Waals surface area contributed by atoms with Gasteiger partial charge in [0.2, 0.25) is 0 Å². The summed E-state index contributed by atoms with van der Waals surface area (Å²) in [7, 11) is 2.25. The summed E-state index contributed by atoms with van der Waals surface area (Å²) < 4.78 is 0. The van der Waals surface area contributed by atoms with E-state index in [1.807, 2.05) is 5.57 Å². The van der Waals surface area contributed by atoms with Crippen LogP contribution in [0.25, 0.3) is 0 Å². The summed E-state index contributed by atoms with van der Waals surface area (Å²) in [6.07, 6.45) is 13.6. The van der Waals surface area contributed by atoms with Crippen LogP contribution in [0.15, 0.2) is 22.3 Å². The van der Waals surface area contributed by atoms with Crippen LogP contribution in [0.5, 0.6) is 0 Å². The zero-order valence-corrected chi connectivity index (χ0v) is 16.1. The third-order valence-corrected chi connectivity index (χ3v) is 4.42. The summed E-state index contributed by atoms with van der Waals surface area (Å²) in [5.41, 5.74) is 7.17. The van der Waals surface area contributed by atoms with Gasteiger partial charge >= 0.3 is 21.7 Å². The first-order valence-corrected chi connectivity index (χ1v) is 7.93. The summed E-state index contributed by atoms with van der Waals surface area (Å²) >= 11 is 0. The molecule has 0 spiro atoms. The molecule has 0 radical (unpaired) electrons. The van der Waals surface area contributed by atoms with Crippen molar-refractivity contribution in [2.75, 3.05) is 21.3 Å². The number of allylic oxidation sites excluding steroid dienone is 4. The molecule has 3 nitrogen and oxygen atoms in total. The number of rotatable bonds is 1. The Morgan fingerprint density at radius 3 is 2.00 bits per heavy atom. The summed E-state index contributed by atoms with van der Waals surface area (Å²) in [6.45, 7) is 2.36. The molecule has 0 aromatic rings. The molecule has 0 heterocycles. The van der Waals surface area contributed by atoms with Gasteiger partial charge in [0.15, 0.2) is 0 Å². The van der Waals surface area contributed by atoms with Gasteiger partial charge in [0, 0.05) is 0 Å². The topological polar surface area (TPSA) is 69.2 Å². The van der Waals surface area contributed by atoms with Gasteiger partial charge in [-0.1, -0.05) is 31.8 Å². The number of hydrogen-bond acceptors (Lipinski definition) is 3. The van der Waals surface area contributed by atoms with E-state index in [-0.39, 0.29) is 21.7 Å². The van der Waals surface area contributed by atoms with Crippen molar-refractivity contribution in [1.82, 2.24) is 0 Å². The second kappa shape index (κ2) is 14.5. The Morgan fingerprint density at radius 2 is 1.41 bits per heavy atom. The van der Waals surface area contributed by atoms with Crippen LogP contribution in [0.1, 0.15) is 58.3 Å². The Balaban J connectivity index is 0. The molecule has 0 saturated carbocycles. The van der Waals surface area contributed by atoms with Crippen LogP contribution in [0.4, 0.5) is 0 Å². The molecule has 0 aliphatic heterocycles. The fraction of sp³-hybridized carbons (Fsp3) is 0.722. The van der Waals surface area contributed by atoms with Gasteiger partial charge in [-0.25, -0.2) is 12.0 Å². The first-order chi connectivity index (χ1) is 10.4. The van der Waals surface area contributed by atoms with Crippen LogP contribution in [-0.4, -0.2) is 21.3 Å². The molecule has 0 fully saturated rings. The van der Waals surface area contributed by atoms with Crippen molar-refractivity contribution in [3.05, 3.63) is 28.7 Å². The van der Waals surface area contributed by atoms with Crippen LogP contribution < -0.4 is 15.3 Å². The van der Waals surface area contributed by atoms with E-state index >= 15 is 0 Å². The van der Waals surface area contributed by atoms with Crippen LogP contribution in [-0.2, 0) is 21.7 Å². The molecule has 3 aliphatic rings. The monoisotopic (exact) mass is 342 g/mol. The molecule has 3 rings (SSSR count). The molecular formula is C18H30O3Ti. The molecule has 124 valence electrons. The van der Waals surface area contributed by atoms with E-state index < -0.39 is 0 Å². The van der Waals surface area contributed by atoms with Crippen LogP contribution in [0.3, 0.4) is 0 Å². The molecule has 3 aliphatic carbocycles. The third-order valence-electron chi connectivity index (χ3n) is 4.42. The fourth-order valence-electron chi connectivity index (χ4n) is 3.79. The first-order valence-electron chi connectivity index (χ1n) is 7.93. The predicted molar refractivity (Wildman–Crippen MR) is 82.2 cm³/mol. The van der Waals surface area contributed by atoms with Gasteiger partial charge in [-0.3, -0.25) is 0 Å². The van der Waals surface area contributed by atoms with Gasteiger partial charge in [-0.2, -0.15) is 26.9 Å². The van der Waals surface area contributed by atoms with E-state index in [0.29, 0.717) is 0 Å². The van der Waals surface area contributed by atoms with Gasteiger partial charge < -0.3 is 15.3 Å². The Labute approximate surface area is 151 Å². The summed E-state index contributed by atoms with van der Waals surface area (Å²) in [5, 5.41) is 24.8. The molecule has 0 saturated heterocycles. The Morgan fingerprint density at radius 1 is 0.864 bits per heavy atom. The molecule has 0 bridgehead atoms. The predicted octanol–water partition coefficient (Wildman–Crippen LogP) is 1.51. The largest absolute Gasteiger partial charge is 4.00 e. The fourth-order valence-corrected chi connectivity index (χ4v) is 3.79. The number of hydrogen-bond donors (Lipinski definition) is 0. The molecule has 0 N–H and O–H groups in total. The first kappa shape index (κ1) is 24.2. The minimum atomic E-state index is 0. The molecule has 0 aromatic heterocycles. The molecule has 4 heteroatoms. The molecular weight excluding hydrogens is 312 g/mol. The third kappa shape index (κ3) is 5.54. The van der Waals surface area contributed by atoms with Crippen molar-refractivity contribution in [2.45, 2.75) is 58.3 Å². The minimum absolute atomic E-state index is 0. The van der Waals surface area contributed by atoms with E-state index in [2.05, 4.69) is 13.3 Å². The smallest absolute Gasteiger partial charge is 0.857 e. The molecule has 1 unspecified atom stereocenters. The molecule has 0 aromatic carbocycles. The second-order valence-electron chi connectivity index (χ2n) is 5.20. The van der Waals surface area contributed by atoms with Crippen LogP contribution in [0.2, 0.25) is 0 Å². The summed E-state index contributed by atoms with van der Waals surface area (Å²) in [5.74, 6) is 0.829. The van der Waals surface area contributed by atoms with Crippen molar-refractivity contribution in [3.8, 4) is 0 Å². The van der Waals surface area contributed by atoms with E-state index in [1.165, 1.54) is 51.4 Å². The maximum absolute atomic E-state index is 8.25. The van der Waals surface area contributed by atoms with Gasteiger partial charge in [0.1, 0.15) is 0 Å². The summed E-state index contributed by atoms with van der Waals surface area (Å²) in [4.78, 5) is 0. The van der Waals surface area contributed by atoms with Crippen molar-refractivity contribution in [3.63, 3.8) is 0 Å². The average molecular weight is 342 g/mol. The van der Waals surface area contributed by atoms with Crippen LogP contribution in [0, 0.1) is 12.3 Å². The Hall–Kier alpha value is -0.0557. The molecule has 22 heavy (non-hydrogen) atoms. The SMILES string of the molecule is CCC1C2=C(CCC[CH-]2)C2=C1CCCC2.C[O-].C[O-].C[O-].[Ti+4]. The van der Waals surface area contributed by atoms with E-state index in [1.54, 1.807) is 16.7 Å². The Kier molecular flexibility index (Phi) is 16.0. The van der Waals surface area contributed by atoms with E-state index in [4.69, 9.17) is 15.3 Å². The normalized spacial score (nSPS) is 21.3. The minimum Gasteiger partial charge on any atom is -0.857 e. The maximum Gasteiger partial charge on any atom is 4.00 e. The van der Waals surface area contributed by atoms with Crippen molar-refractivity contribution in [2.24, 2.45) is 5.92 Å². The van der Waals surface area contributed by atoms with Gasteiger partial charge in [0.25, 0.3) is 0 Å². The number of fused-ring (bicyclic) bond motifs is 1. The molecule has 1 atom stereocenters. The van der Waals surface area contributed by atoms with E-state index in [0.717, 1.165) is 27.2 Å². The van der Waals surface area contributed by atoms with Crippen molar-refractivity contribution < 1.29 is 37.0 Å². The zero-order valence-electron chi connectivity index (χ0n) is 14.5. The van der Waals surface area contributed by atoms with Gasteiger partial charge in [0.05, 0.1) is 0 Å². The Bertz CT molecular complexity index is 316. The van der Waals surface area contributed by atoms with Crippen molar-refractivity contribution >= 4 is 0 Å². The maximum atomic E-state index is 8.25. The standard InChI is InChI=1S/C15H21.3CH3O.Ti/c1-2-11-12-7-3-5-9-14(12)15-10-6-4-8-13(11)15;3*1-2;/h7,11H,2-6,8-10H2,1H3;3*1H3;/q4*-1;+4.